The monoisotopic (exact) mass is 529 g/mol. The fraction of sp³-hybridized carbons (Fsp3) is 0.333. The van der Waals surface area contributed by atoms with Crippen molar-refractivity contribution in [2.75, 3.05) is 24.2 Å². The summed E-state index contributed by atoms with van der Waals surface area (Å²) in [6.45, 7) is 3.87. The highest BCUT2D eigenvalue weighted by Gasteiger charge is 2.26. The minimum Gasteiger partial charge on any atom is -0.467 e. The minimum absolute atomic E-state index is 0.0250. The zero-order valence-corrected chi connectivity index (χ0v) is 21.6. The molecule has 0 aliphatic carbocycles. The number of sulfone groups is 1. The molecule has 5 rings (SSSR count). The summed E-state index contributed by atoms with van der Waals surface area (Å²) in [5.41, 5.74) is 2.39. The standard InChI is InChI=1S/C24H24ClN5O3S2/c1-15(16-9-11-30(12-10-16)22-14-26-21(25)13-27-22)33-24-29-20-8-7-19(28-23(20)34-24)17-3-5-18(6-4-17)35(2,31)32/h3-8,13-16H,9-12H2,1-2H3. The molecule has 182 valence electrons. The molecule has 1 aliphatic heterocycles. The van der Waals surface area contributed by atoms with Gasteiger partial charge in [0.1, 0.15) is 27.4 Å². The van der Waals surface area contributed by atoms with Crippen molar-refractivity contribution >= 4 is 48.9 Å². The van der Waals surface area contributed by atoms with Crippen molar-refractivity contribution in [3.8, 4) is 16.5 Å². The lowest BCUT2D eigenvalue weighted by molar-refractivity contribution is 0.132. The number of ether oxygens (including phenoxy) is 1. The van der Waals surface area contributed by atoms with Crippen LogP contribution in [-0.2, 0) is 9.84 Å². The van der Waals surface area contributed by atoms with Gasteiger partial charge in [0.15, 0.2) is 9.84 Å². The molecular weight excluding hydrogens is 506 g/mol. The maximum absolute atomic E-state index is 11.7. The lowest BCUT2D eigenvalue weighted by atomic mass is 9.92. The van der Waals surface area contributed by atoms with E-state index in [0.29, 0.717) is 16.3 Å². The summed E-state index contributed by atoms with van der Waals surface area (Å²) in [5.74, 6) is 1.26. The largest absolute Gasteiger partial charge is 0.467 e. The Labute approximate surface area is 212 Å². The molecule has 0 saturated carbocycles. The number of anilines is 1. The SMILES string of the molecule is CC(Oc1nc2ccc(-c3ccc(S(C)(=O)=O)cc3)nc2s1)C1CCN(c2cnc(Cl)cn2)CC1. The minimum atomic E-state index is -3.23. The van der Waals surface area contributed by atoms with Gasteiger partial charge in [-0.1, -0.05) is 35.1 Å². The van der Waals surface area contributed by atoms with Gasteiger partial charge in [-0.15, -0.1) is 0 Å². The summed E-state index contributed by atoms with van der Waals surface area (Å²) in [4.78, 5) is 21.1. The zero-order chi connectivity index (χ0) is 24.6. The van der Waals surface area contributed by atoms with Gasteiger partial charge >= 0.3 is 0 Å². The van der Waals surface area contributed by atoms with E-state index in [9.17, 15) is 8.42 Å². The number of pyridine rings is 1. The first-order valence-corrected chi connectivity index (χ1v) is 14.3. The topological polar surface area (TPSA) is 98.2 Å². The first-order chi connectivity index (χ1) is 16.8. The molecule has 0 N–H and O–H groups in total. The fourth-order valence-corrected chi connectivity index (χ4v) is 5.80. The molecule has 1 unspecified atom stereocenters. The average Bonchev–Trinajstić information content (AvgIpc) is 3.25. The number of benzene rings is 1. The number of piperidine rings is 1. The van der Waals surface area contributed by atoms with Gasteiger partial charge in [0.05, 0.1) is 23.0 Å². The Hall–Kier alpha value is -2.82. The molecule has 1 atom stereocenters. The Morgan fingerprint density at radius 3 is 2.46 bits per heavy atom. The second kappa shape index (κ2) is 9.67. The van der Waals surface area contributed by atoms with E-state index < -0.39 is 9.84 Å². The van der Waals surface area contributed by atoms with Crippen molar-refractivity contribution in [2.24, 2.45) is 5.92 Å². The van der Waals surface area contributed by atoms with Crippen LogP contribution in [0.4, 0.5) is 5.82 Å². The number of hydrogen-bond donors (Lipinski definition) is 0. The van der Waals surface area contributed by atoms with Crippen LogP contribution < -0.4 is 9.64 Å². The van der Waals surface area contributed by atoms with E-state index in [1.807, 2.05) is 12.1 Å². The third-order valence-corrected chi connectivity index (χ3v) is 8.41. The van der Waals surface area contributed by atoms with Crippen LogP contribution in [0.2, 0.25) is 5.15 Å². The number of nitrogens with zero attached hydrogens (tertiary/aromatic N) is 5. The number of aromatic nitrogens is 4. The quantitative estimate of drug-likeness (QED) is 0.348. The van der Waals surface area contributed by atoms with Crippen LogP contribution in [0.3, 0.4) is 0 Å². The lowest BCUT2D eigenvalue weighted by Crippen LogP contribution is -2.39. The van der Waals surface area contributed by atoms with Gasteiger partial charge in [-0.2, -0.15) is 0 Å². The normalized spacial score (nSPS) is 15.9. The van der Waals surface area contributed by atoms with Gasteiger partial charge < -0.3 is 9.64 Å². The van der Waals surface area contributed by atoms with E-state index in [-0.39, 0.29) is 11.0 Å². The van der Waals surface area contributed by atoms with Crippen LogP contribution >= 0.6 is 22.9 Å². The molecule has 11 heteroatoms. The maximum atomic E-state index is 11.7. The van der Waals surface area contributed by atoms with Crippen LogP contribution in [0.25, 0.3) is 21.6 Å². The van der Waals surface area contributed by atoms with E-state index in [1.54, 1.807) is 36.7 Å². The third-order valence-electron chi connectivity index (χ3n) is 6.24. The highest BCUT2D eigenvalue weighted by Crippen LogP contribution is 2.32. The Balaban J connectivity index is 1.24. The molecule has 1 aromatic carbocycles. The maximum Gasteiger partial charge on any atom is 0.276 e. The average molecular weight is 530 g/mol. The Morgan fingerprint density at radius 2 is 1.80 bits per heavy atom. The van der Waals surface area contributed by atoms with Crippen molar-refractivity contribution in [1.82, 2.24) is 19.9 Å². The number of rotatable bonds is 6. The highest BCUT2D eigenvalue weighted by atomic mass is 35.5. The first-order valence-electron chi connectivity index (χ1n) is 11.2. The number of thiazole rings is 1. The molecule has 8 nitrogen and oxygen atoms in total. The van der Waals surface area contributed by atoms with Crippen LogP contribution in [0.15, 0.2) is 53.7 Å². The molecule has 4 aromatic rings. The molecule has 1 saturated heterocycles. The molecule has 3 aromatic heterocycles. The van der Waals surface area contributed by atoms with Crippen molar-refractivity contribution in [2.45, 2.75) is 30.8 Å². The van der Waals surface area contributed by atoms with Crippen LogP contribution in [-0.4, -0.2) is 53.8 Å². The summed E-state index contributed by atoms with van der Waals surface area (Å²) in [7, 11) is -3.23. The predicted molar refractivity (Wildman–Crippen MR) is 138 cm³/mol. The summed E-state index contributed by atoms with van der Waals surface area (Å²) in [6.07, 6.45) is 6.49. The molecule has 1 aliphatic rings. The van der Waals surface area contributed by atoms with Crippen molar-refractivity contribution in [3.05, 3.63) is 53.9 Å². The Bertz CT molecular complexity index is 1430. The summed E-state index contributed by atoms with van der Waals surface area (Å²) < 4.78 is 29.6. The summed E-state index contributed by atoms with van der Waals surface area (Å²) in [5, 5.41) is 1.00. The smallest absolute Gasteiger partial charge is 0.276 e. The van der Waals surface area contributed by atoms with E-state index in [4.69, 9.17) is 21.3 Å². The van der Waals surface area contributed by atoms with Crippen molar-refractivity contribution in [1.29, 1.82) is 0 Å². The number of halogens is 1. The van der Waals surface area contributed by atoms with Crippen LogP contribution in [0.1, 0.15) is 19.8 Å². The van der Waals surface area contributed by atoms with Gasteiger partial charge in [-0.25, -0.2) is 28.4 Å². The summed E-state index contributed by atoms with van der Waals surface area (Å²) >= 11 is 7.27. The van der Waals surface area contributed by atoms with Crippen LogP contribution in [0, 0.1) is 5.92 Å². The Kier molecular flexibility index (Phi) is 6.61. The third kappa shape index (κ3) is 5.39. The number of fused-ring (bicyclic) bond motifs is 1. The second-order valence-electron chi connectivity index (χ2n) is 8.64. The van der Waals surface area contributed by atoms with Crippen LogP contribution in [0.5, 0.6) is 5.19 Å². The van der Waals surface area contributed by atoms with E-state index >= 15 is 0 Å². The van der Waals surface area contributed by atoms with Gasteiger partial charge in [-0.3, -0.25) is 0 Å². The summed E-state index contributed by atoms with van der Waals surface area (Å²) in [6, 6.07) is 10.6. The lowest BCUT2D eigenvalue weighted by Gasteiger charge is -2.34. The molecule has 1 fully saturated rings. The highest BCUT2D eigenvalue weighted by molar-refractivity contribution is 7.90. The molecule has 0 spiro atoms. The molecule has 0 amide bonds. The fourth-order valence-electron chi connectivity index (χ4n) is 4.20. The van der Waals surface area contributed by atoms with E-state index in [2.05, 4.69) is 26.8 Å². The van der Waals surface area contributed by atoms with Crippen molar-refractivity contribution in [3.63, 3.8) is 0 Å². The molecule has 0 bridgehead atoms. The van der Waals surface area contributed by atoms with E-state index in [0.717, 1.165) is 53.4 Å². The number of hydrogen-bond acceptors (Lipinski definition) is 9. The molecule has 0 radical (unpaired) electrons. The van der Waals surface area contributed by atoms with Gasteiger partial charge in [0.2, 0.25) is 0 Å². The second-order valence-corrected chi connectivity index (χ2v) is 12.0. The molecule has 4 heterocycles. The van der Waals surface area contributed by atoms with Crippen molar-refractivity contribution < 1.29 is 13.2 Å². The van der Waals surface area contributed by atoms with E-state index in [1.165, 1.54) is 17.6 Å². The first kappa shape index (κ1) is 23.9. The predicted octanol–water partition coefficient (Wildman–Crippen LogP) is 4.89. The molecular formula is C24H24ClN5O3S2. The molecule has 35 heavy (non-hydrogen) atoms. The Morgan fingerprint density at radius 1 is 1.06 bits per heavy atom. The van der Waals surface area contributed by atoms with Gasteiger partial charge in [-0.05, 0) is 49.9 Å². The van der Waals surface area contributed by atoms with Gasteiger partial charge in [0.25, 0.3) is 5.19 Å². The van der Waals surface area contributed by atoms with Gasteiger partial charge in [0, 0.05) is 24.9 Å². The zero-order valence-electron chi connectivity index (χ0n) is 19.3.